The summed E-state index contributed by atoms with van der Waals surface area (Å²) in [4.78, 5) is 27.4. The SMILES string of the molecule is O=C(CN1CCN(CCO)CC1)N1CCC[C@@H]1c1ccncn1. The summed E-state index contributed by atoms with van der Waals surface area (Å²) in [6, 6.07) is 2.00. The highest BCUT2D eigenvalue weighted by molar-refractivity contribution is 5.79. The lowest BCUT2D eigenvalue weighted by Gasteiger charge is -2.35. The summed E-state index contributed by atoms with van der Waals surface area (Å²) in [7, 11) is 0. The van der Waals surface area contributed by atoms with Gasteiger partial charge < -0.3 is 10.0 Å². The second-order valence-electron chi connectivity index (χ2n) is 6.22. The molecule has 2 aliphatic rings. The Balaban J connectivity index is 1.54. The Morgan fingerprint density at radius 2 is 2.00 bits per heavy atom. The number of piperazine rings is 1. The number of hydrogen-bond acceptors (Lipinski definition) is 6. The number of carbonyl (C=O) groups excluding carboxylic acids is 1. The van der Waals surface area contributed by atoms with E-state index in [9.17, 15) is 4.79 Å². The molecule has 1 N–H and O–H groups in total. The predicted octanol–water partition coefficient (Wildman–Crippen LogP) is -0.250. The number of nitrogens with zero attached hydrogens (tertiary/aromatic N) is 5. The highest BCUT2D eigenvalue weighted by Gasteiger charge is 2.32. The number of likely N-dealkylation sites (tertiary alicyclic amines) is 1. The van der Waals surface area contributed by atoms with Crippen molar-refractivity contribution in [2.24, 2.45) is 0 Å². The Hall–Kier alpha value is -1.57. The number of amides is 1. The summed E-state index contributed by atoms with van der Waals surface area (Å²) < 4.78 is 0. The van der Waals surface area contributed by atoms with E-state index in [0.29, 0.717) is 6.54 Å². The van der Waals surface area contributed by atoms with Gasteiger partial charge in [0.1, 0.15) is 6.33 Å². The molecule has 0 bridgehead atoms. The first-order chi connectivity index (χ1) is 11.3. The minimum Gasteiger partial charge on any atom is -0.395 e. The van der Waals surface area contributed by atoms with Gasteiger partial charge in [-0.3, -0.25) is 14.6 Å². The van der Waals surface area contributed by atoms with E-state index in [1.165, 1.54) is 0 Å². The number of carbonyl (C=O) groups is 1. The summed E-state index contributed by atoms with van der Waals surface area (Å²) in [5, 5.41) is 8.98. The molecule has 23 heavy (non-hydrogen) atoms. The smallest absolute Gasteiger partial charge is 0.237 e. The van der Waals surface area contributed by atoms with E-state index in [1.807, 2.05) is 11.0 Å². The van der Waals surface area contributed by atoms with E-state index < -0.39 is 0 Å². The van der Waals surface area contributed by atoms with Crippen molar-refractivity contribution in [3.05, 3.63) is 24.3 Å². The maximum Gasteiger partial charge on any atom is 0.237 e. The van der Waals surface area contributed by atoms with Gasteiger partial charge in [0.05, 0.1) is 24.9 Å². The minimum absolute atomic E-state index is 0.0983. The number of β-amino-alcohol motifs (C(OH)–C–C–N with tert-alkyl or cyclic N) is 1. The summed E-state index contributed by atoms with van der Waals surface area (Å²) >= 11 is 0. The van der Waals surface area contributed by atoms with Crippen LogP contribution in [0, 0.1) is 0 Å². The highest BCUT2D eigenvalue weighted by atomic mass is 16.3. The topological polar surface area (TPSA) is 72.8 Å². The molecule has 0 radical (unpaired) electrons. The third-order valence-electron chi connectivity index (χ3n) is 4.76. The Kier molecular flexibility index (Phi) is 5.53. The first-order valence-electron chi connectivity index (χ1n) is 8.39. The number of hydrogen-bond donors (Lipinski definition) is 1. The molecule has 2 aliphatic heterocycles. The Bertz CT molecular complexity index is 504. The summed E-state index contributed by atoms with van der Waals surface area (Å²) in [5.41, 5.74) is 0.943. The molecule has 2 fully saturated rings. The second-order valence-corrected chi connectivity index (χ2v) is 6.22. The van der Waals surface area contributed by atoms with Crippen molar-refractivity contribution < 1.29 is 9.90 Å². The van der Waals surface area contributed by atoms with Crippen molar-refractivity contribution in [1.29, 1.82) is 0 Å². The lowest BCUT2D eigenvalue weighted by molar-refractivity contribution is -0.133. The van der Waals surface area contributed by atoms with Crippen LogP contribution < -0.4 is 0 Å². The standard InChI is InChI=1S/C16H25N5O2/c22-11-10-19-6-8-20(9-7-19)12-16(23)21-5-1-2-15(21)14-3-4-17-13-18-14/h3-4,13,15,22H,1-2,5-12H2/t15-/m1/s1. The van der Waals surface area contributed by atoms with Gasteiger partial charge >= 0.3 is 0 Å². The van der Waals surface area contributed by atoms with Crippen LogP contribution in [0.5, 0.6) is 0 Å². The van der Waals surface area contributed by atoms with Gasteiger partial charge in [0.25, 0.3) is 0 Å². The van der Waals surface area contributed by atoms with Crippen LogP contribution in [0.3, 0.4) is 0 Å². The van der Waals surface area contributed by atoms with E-state index in [4.69, 9.17) is 5.11 Å². The summed E-state index contributed by atoms with van der Waals surface area (Å²) in [6.45, 7) is 5.84. The fraction of sp³-hybridized carbons (Fsp3) is 0.688. The molecule has 1 amide bonds. The zero-order valence-corrected chi connectivity index (χ0v) is 13.5. The molecule has 0 aromatic carbocycles. The quantitative estimate of drug-likeness (QED) is 0.807. The average molecular weight is 319 g/mol. The van der Waals surface area contributed by atoms with E-state index in [0.717, 1.165) is 57.8 Å². The number of aromatic nitrogens is 2. The zero-order valence-electron chi connectivity index (χ0n) is 13.5. The van der Waals surface area contributed by atoms with Crippen LogP contribution in [0.15, 0.2) is 18.6 Å². The van der Waals surface area contributed by atoms with Gasteiger partial charge in [-0.2, -0.15) is 0 Å². The first kappa shape index (κ1) is 16.3. The molecule has 3 rings (SSSR count). The molecular formula is C16H25N5O2. The molecule has 3 heterocycles. The maximum atomic E-state index is 12.7. The average Bonchev–Trinajstić information content (AvgIpc) is 3.07. The van der Waals surface area contributed by atoms with Gasteiger partial charge in [0.15, 0.2) is 0 Å². The fourth-order valence-electron chi connectivity index (χ4n) is 3.47. The van der Waals surface area contributed by atoms with Crippen LogP contribution in [0.4, 0.5) is 0 Å². The Labute approximate surface area is 136 Å². The first-order valence-corrected chi connectivity index (χ1v) is 8.39. The van der Waals surface area contributed by atoms with Crippen molar-refractivity contribution in [2.75, 3.05) is 52.4 Å². The van der Waals surface area contributed by atoms with Gasteiger partial charge in [0.2, 0.25) is 5.91 Å². The van der Waals surface area contributed by atoms with Crippen LogP contribution in [-0.2, 0) is 4.79 Å². The van der Waals surface area contributed by atoms with Crippen molar-refractivity contribution >= 4 is 5.91 Å². The molecule has 7 nitrogen and oxygen atoms in total. The van der Waals surface area contributed by atoms with Gasteiger partial charge in [-0.05, 0) is 18.9 Å². The third-order valence-corrected chi connectivity index (χ3v) is 4.76. The molecule has 0 saturated carbocycles. The molecule has 0 unspecified atom stereocenters. The molecule has 7 heteroatoms. The molecular weight excluding hydrogens is 294 g/mol. The van der Waals surface area contributed by atoms with E-state index in [1.54, 1.807) is 12.5 Å². The summed E-state index contributed by atoms with van der Waals surface area (Å²) in [5.74, 6) is 0.196. The van der Waals surface area contributed by atoms with Crippen molar-refractivity contribution in [3.63, 3.8) is 0 Å². The van der Waals surface area contributed by atoms with Crippen molar-refractivity contribution in [1.82, 2.24) is 24.7 Å². The summed E-state index contributed by atoms with van der Waals surface area (Å²) in [6.07, 6.45) is 5.30. The number of aliphatic hydroxyl groups excluding tert-OH is 1. The van der Waals surface area contributed by atoms with Gasteiger partial charge in [0, 0.05) is 45.5 Å². The van der Waals surface area contributed by atoms with Crippen LogP contribution in [0.2, 0.25) is 0 Å². The van der Waals surface area contributed by atoms with Gasteiger partial charge in [-0.25, -0.2) is 9.97 Å². The van der Waals surface area contributed by atoms with Gasteiger partial charge in [-0.15, -0.1) is 0 Å². The van der Waals surface area contributed by atoms with E-state index in [2.05, 4.69) is 19.8 Å². The fourth-order valence-corrected chi connectivity index (χ4v) is 3.47. The molecule has 0 spiro atoms. The van der Waals surface area contributed by atoms with E-state index in [-0.39, 0.29) is 18.6 Å². The van der Waals surface area contributed by atoms with Crippen molar-refractivity contribution in [3.8, 4) is 0 Å². The number of rotatable bonds is 5. The molecule has 0 aliphatic carbocycles. The van der Waals surface area contributed by atoms with Gasteiger partial charge in [-0.1, -0.05) is 0 Å². The Morgan fingerprint density at radius 3 is 2.70 bits per heavy atom. The van der Waals surface area contributed by atoms with E-state index >= 15 is 0 Å². The zero-order chi connectivity index (χ0) is 16.1. The lowest BCUT2D eigenvalue weighted by Crippen LogP contribution is -2.50. The third kappa shape index (κ3) is 4.04. The minimum atomic E-state index is 0.0983. The van der Waals surface area contributed by atoms with Crippen LogP contribution >= 0.6 is 0 Å². The molecule has 1 atom stereocenters. The lowest BCUT2D eigenvalue weighted by atomic mass is 10.1. The Morgan fingerprint density at radius 1 is 1.22 bits per heavy atom. The van der Waals surface area contributed by atoms with Crippen LogP contribution in [0.25, 0.3) is 0 Å². The molecule has 126 valence electrons. The van der Waals surface area contributed by atoms with Crippen LogP contribution in [0.1, 0.15) is 24.6 Å². The molecule has 1 aromatic rings. The number of aliphatic hydroxyl groups is 1. The van der Waals surface area contributed by atoms with Crippen molar-refractivity contribution in [2.45, 2.75) is 18.9 Å². The second kappa shape index (κ2) is 7.81. The maximum absolute atomic E-state index is 12.7. The monoisotopic (exact) mass is 319 g/mol. The normalized spacial score (nSPS) is 23.3. The van der Waals surface area contributed by atoms with Crippen LogP contribution in [-0.4, -0.2) is 88.1 Å². The molecule has 2 saturated heterocycles. The predicted molar refractivity (Wildman–Crippen MR) is 85.7 cm³/mol. The molecule has 1 aromatic heterocycles. The highest BCUT2D eigenvalue weighted by Crippen LogP contribution is 2.30. The largest absolute Gasteiger partial charge is 0.395 e.